The van der Waals surface area contributed by atoms with Gasteiger partial charge in [-0.15, -0.1) is 5.10 Å². The van der Waals surface area contributed by atoms with E-state index >= 15 is 0 Å². The highest BCUT2D eigenvalue weighted by atomic mass is 16.5. The maximum Gasteiger partial charge on any atom is 0.294 e. The van der Waals surface area contributed by atoms with E-state index in [1.165, 1.54) is 0 Å². The Morgan fingerprint density at radius 3 is 2.55 bits per heavy atom. The number of hydrogen-bond donors (Lipinski definition) is 2. The molecule has 0 saturated heterocycles. The molecule has 33 heavy (non-hydrogen) atoms. The lowest BCUT2D eigenvalue weighted by molar-refractivity contribution is 0.0998. The Bertz CT molecular complexity index is 1440. The molecular weight excluding hydrogens is 420 g/mol. The zero-order valence-corrected chi connectivity index (χ0v) is 18.0. The van der Waals surface area contributed by atoms with Gasteiger partial charge in [-0.2, -0.15) is 4.98 Å². The number of anilines is 1. The van der Waals surface area contributed by atoms with Gasteiger partial charge in [0.15, 0.2) is 5.82 Å². The second kappa shape index (κ2) is 8.51. The van der Waals surface area contributed by atoms with Gasteiger partial charge in [0, 0.05) is 17.0 Å². The van der Waals surface area contributed by atoms with Gasteiger partial charge in [0.25, 0.3) is 5.91 Å². The summed E-state index contributed by atoms with van der Waals surface area (Å²) in [6, 6.07) is 22.5. The Hall–Kier alpha value is -4.59. The molecule has 0 saturated carbocycles. The van der Waals surface area contributed by atoms with E-state index in [1.54, 1.807) is 20.3 Å². The number of para-hydroxylation sites is 1. The normalized spacial score (nSPS) is 10.8. The number of ether oxygens (including phenoxy) is 2. The van der Waals surface area contributed by atoms with Crippen LogP contribution in [0.3, 0.4) is 0 Å². The minimum absolute atomic E-state index is 0.123. The first-order valence-electron chi connectivity index (χ1n) is 10.2. The van der Waals surface area contributed by atoms with Gasteiger partial charge in [0.2, 0.25) is 11.7 Å². The number of H-pyrrole nitrogens is 1. The average Bonchev–Trinajstić information content (AvgIpc) is 3.48. The number of aromatic amines is 1. The predicted molar refractivity (Wildman–Crippen MR) is 125 cm³/mol. The highest BCUT2D eigenvalue weighted by Crippen LogP contribution is 2.37. The second-order valence-corrected chi connectivity index (χ2v) is 7.20. The number of hydrogen-bond acceptors (Lipinski definition) is 6. The molecule has 0 unspecified atom stereocenters. The standard InChI is InChI=1S/C25H20N4O4/c1-31-16-12-13-17-20(14-16)33-22(21(17)15-8-4-3-5-9-15)24(30)27-25-26-23(28-29-25)18-10-6-7-11-19(18)32-2/h3-14H,1-2H3,(H2,26,27,28,29,30). The number of fused-ring (bicyclic) bond motifs is 1. The highest BCUT2D eigenvalue weighted by molar-refractivity contribution is 6.12. The molecule has 0 aliphatic carbocycles. The number of carbonyl (C=O) groups is 1. The number of rotatable bonds is 6. The lowest BCUT2D eigenvalue weighted by Crippen LogP contribution is -2.13. The number of benzene rings is 3. The van der Waals surface area contributed by atoms with Crippen LogP contribution in [0.4, 0.5) is 5.95 Å². The first-order chi connectivity index (χ1) is 16.2. The van der Waals surface area contributed by atoms with Gasteiger partial charge in [0.1, 0.15) is 17.1 Å². The van der Waals surface area contributed by atoms with Crippen molar-refractivity contribution in [2.45, 2.75) is 0 Å². The number of carbonyl (C=O) groups excluding carboxylic acids is 1. The number of aromatic nitrogens is 3. The van der Waals surface area contributed by atoms with E-state index in [9.17, 15) is 4.79 Å². The van der Waals surface area contributed by atoms with Crippen LogP contribution in [0.1, 0.15) is 10.6 Å². The van der Waals surface area contributed by atoms with Crippen molar-refractivity contribution in [2.75, 3.05) is 19.5 Å². The van der Waals surface area contributed by atoms with Crippen LogP contribution in [-0.2, 0) is 0 Å². The Kier molecular flexibility index (Phi) is 5.24. The van der Waals surface area contributed by atoms with Gasteiger partial charge >= 0.3 is 0 Å². The Labute approximate surface area is 189 Å². The number of nitrogens with zero attached hydrogens (tertiary/aromatic N) is 2. The summed E-state index contributed by atoms with van der Waals surface area (Å²) in [5.41, 5.74) is 2.82. The van der Waals surface area contributed by atoms with Crippen molar-refractivity contribution in [3.05, 3.63) is 78.6 Å². The van der Waals surface area contributed by atoms with E-state index in [0.29, 0.717) is 28.5 Å². The van der Waals surface area contributed by atoms with Crippen molar-refractivity contribution in [1.82, 2.24) is 15.2 Å². The molecule has 8 nitrogen and oxygen atoms in total. The van der Waals surface area contributed by atoms with Crippen LogP contribution in [-0.4, -0.2) is 35.3 Å². The molecular formula is C25H20N4O4. The first kappa shape index (κ1) is 20.3. The fraction of sp³-hybridized carbons (Fsp3) is 0.0800. The van der Waals surface area contributed by atoms with Crippen molar-refractivity contribution < 1.29 is 18.7 Å². The number of nitrogens with one attached hydrogen (secondary N) is 2. The van der Waals surface area contributed by atoms with Crippen LogP contribution in [0.15, 0.2) is 77.2 Å². The minimum atomic E-state index is -0.463. The number of amides is 1. The van der Waals surface area contributed by atoms with Crippen LogP contribution < -0.4 is 14.8 Å². The quantitative estimate of drug-likeness (QED) is 0.378. The molecule has 0 bridgehead atoms. The van der Waals surface area contributed by atoms with Crippen molar-refractivity contribution in [3.63, 3.8) is 0 Å². The third-order valence-electron chi connectivity index (χ3n) is 5.24. The Morgan fingerprint density at radius 2 is 1.76 bits per heavy atom. The molecule has 0 spiro atoms. The summed E-state index contributed by atoms with van der Waals surface area (Å²) in [5.74, 6) is 1.57. The lowest BCUT2D eigenvalue weighted by atomic mass is 10.0. The zero-order chi connectivity index (χ0) is 22.8. The molecule has 2 heterocycles. The van der Waals surface area contributed by atoms with E-state index in [1.807, 2.05) is 66.7 Å². The van der Waals surface area contributed by atoms with Gasteiger partial charge in [-0.1, -0.05) is 42.5 Å². The smallest absolute Gasteiger partial charge is 0.294 e. The molecule has 2 aromatic heterocycles. The van der Waals surface area contributed by atoms with E-state index in [0.717, 1.165) is 16.5 Å². The van der Waals surface area contributed by atoms with Crippen LogP contribution in [0.2, 0.25) is 0 Å². The molecule has 3 aromatic carbocycles. The largest absolute Gasteiger partial charge is 0.497 e. The van der Waals surface area contributed by atoms with Gasteiger partial charge in [0.05, 0.1) is 19.8 Å². The molecule has 5 aromatic rings. The third-order valence-corrected chi connectivity index (χ3v) is 5.24. The summed E-state index contributed by atoms with van der Waals surface area (Å²) >= 11 is 0. The number of furan rings is 1. The van der Waals surface area contributed by atoms with Crippen molar-refractivity contribution >= 4 is 22.8 Å². The topological polar surface area (TPSA) is 102 Å². The molecule has 164 valence electrons. The van der Waals surface area contributed by atoms with Gasteiger partial charge in [-0.25, -0.2) is 0 Å². The Balaban J connectivity index is 1.52. The van der Waals surface area contributed by atoms with Crippen LogP contribution in [0.25, 0.3) is 33.5 Å². The van der Waals surface area contributed by atoms with E-state index < -0.39 is 5.91 Å². The fourth-order valence-electron chi connectivity index (χ4n) is 3.69. The molecule has 0 radical (unpaired) electrons. The molecule has 0 aliphatic rings. The average molecular weight is 440 g/mol. The molecule has 0 atom stereocenters. The predicted octanol–water partition coefficient (Wildman–Crippen LogP) is 5.15. The molecule has 8 heteroatoms. The van der Waals surface area contributed by atoms with E-state index in [4.69, 9.17) is 13.9 Å². The summed E-state index contributed by atoms with van der Waals surface area (Å²) in [6.45, 7) is 0. The summed E-state index contributed by atoms with van der Waals surface area (Å²) in [4.78, 5) is 17.6. The van der Waals surface area contributed by atoms with Crippen molar-refractivity contribution in [3.8, 4) is 34.0 Å². The second-order valence-electron chi connectivity index (χ2n) is 7.20. The molecule has 1 amide bonds. The third kappa shape index (κ3) is 3.78. The van der Waals surface area contributed by atoms with Gasteiger partial charge < -0.3 is 13.9 Å². The monoisotopic (exact) mass is 440 g/mol. The first-order valence-corrected chi connectivity index (χ1v) is 10.2. The van der Waals surface area contributed by atoms with E-state index in [-0.39, 0.29) is 11.7 Å². The summed E-state index contributed by atoms with van der Waals surface area (Å²) in [7, 11) is 3.16. The molecule has 0 aliphatic heterocycles. The SMILES string of the molecule is COc1ccc2c(-c3ccccc3)c(C(=O)Nc3n[nH]c(-c4ccccc4OC)n3)oc2c1. The maximum atomic E-state index is 13.2. The van der Waals surface area contributed by atoms with Crippen LogP contribution in [0, 0.1) is 0 Å². The lowest BCUT2D eigenvalue weighted by Gasteiger charge is -2.04. The molecule has 0 fully saturated rings. The van der Waals surface area contributed by atoms with Crippen LogP contribution in [0.5, 0.6) is 11.5 Å². The highest BCUT2D eigenvalue weighted by Gasteiger charge is 2.23. The molecule has 5 rings (SSSR count). The summed E-state index contributed by atoms with van der Waals surface area (Å²) < 4.78 is 16.7. The minimum Gasteiger partial charge on any atom is -0.497 e. The maximum absolute atomic E-state index is 13.2. The molecule has 2 N–H and O–H groups in total. The Morgan fingerprint density at radius 1 is 0.970 bits per heavy atom. The van der Waals surface area contributed by atoms with Crippen molar-refractivity contribution in [2.24, 2.45) is 0 Å². The van der Waals surface area contributed by atoms with Gasteiger partial charge in [-0.3, -0.25) is 15.2 Å². The van der Waals surface area contributed by atoms with Crippen molar-refractivity contribution in [1.29, 1.82) is 0 Å². The number of methoxy groups -OCH3 is 2. The summed E-state index contributed by atoms with van der Waals surface area (Å²) in [5, 5.41) is 10.5. The van der Waals surface area contributed by atoms with E-state index in [2.05, 4.69) is 20.5 Å². The zero-order valence-electron chi connectivity index (χ0n) is 18.0. The van der Waals surface area contributed by atoms with Crippen LogP contribution >= 0.6 is 0 Å². The fourth-order valence-corrected chi connectivity index (χ4v) is 3.69. The summed E-state index contributed by atoms with van der Waals surface area (Å²) in [6.07, 6.45) is 0. The van der Waals surface area contributed by atoms with Gasteiger partial charge in [-0.05, 0) is 29.8 Å².